The Balaban J connectivity index is 1.96. The Bertz CT molecular complexity index is 795. The highest BCUT2D eigenvalue weighted by Crippen LogP contribution is 2.21. The molecule has 3 rings (SSSR count). The predicted octanol–water partition coefficient (Wildman–Crippen LogP) is 5.34. The van der Waals surface area contributed by atoms with Crippen LogP contribution in [0.5, 0.6) is 0 Å². The monoisotopic (exact) mass is 338 g/mol. The molecule has 0 fully saturated rings. The number of carbonyl (C=O) groups excluding carboxylic acids is 1. The van der Waals surface area contributed by atoms with Crippen molar-refractivity contribution < 1.29 is 4.79 Å². The van der Waals surface area contributed by atoms with E-state index in [1.54, 1.807) is 0 Å². The Hall–Kier alpha value is -1.93. The molecular weight excluding hydrogens is 324 g/mol. The maximum atomic E-state index is 12.5. The standard InChI is InChI=1S/C19H15BrO/c1-13-9-16(11-17(20)10-13)19(21)12-15-7-4-6-14-5-2-3-8-18(14)15/h2-11H,12H2,1H3. The van der Waals surface area contributed by atoms with Gasteiger partial charge in [0, 0.05) is 16.5 Å². The number of aryl methyl sites for hydroxylation is 1. The van der Waals surface area contributed by atoms with Crippen LogP contribution in [0.2, 0.25) is 0 Å². The highest BCUT2D eigenvalue weighted by molar-refractivity contribution is 9.10. The van der Waals surface area contributed by atoms with Crippen molar-refractivity contribution in [2.24, 2.45) is 0 Å². The minimum absolute atomic E-state index is 0.149. The first kappa shape index (κ1) is 14.0. The van der Waals surface area contributed by atoms with Gasteiger partial charge in [0.1, 0.15) is 0 Å². The average molecular weight is 339 g/mol. The maximum Gasteiger partial charge on any atom is 0.167 e. The SMILES string of the molecule is Cc1cc(Br)cc(C(=O)Cc2cccc3ccccc23)c1. The summed E-state index contributed by atoms with van der Waals surface area (Å²) in [5, 5.41) is 2.33. The molecule has 0 atom stereocenters. The molecule has 0 spiro atoms. The lowest BCUT2D eigenvalue weighted by molar-refractivity contribution is 0.0993. The summed E-state index contributed by atoms with van der Waals surface area (Å²) in [7, 11) is 0. The van der Waals surface area contributed by atoms with E-state index >= 15 is 0 Å². The third-order valence-electron chi connectivity index (χ3n) is 3.60. The van der Waals surface area contributed by atoms with Crippen molar-refractivity contribution in [3.8, 4) is 0 Å². The van der Waals surface area contributed by atoms with Crippen LogP contribution in [-0.2, 0) is 6.42 Å². The van der Waals surface area contributed by atoms with Crippen molar-refractivity contribution in [1.29, 1.82) is 0 Å². The van der Waals surface area contributed by atoms with Crippen molar-refractivity contribution in [2.45, 2.75) is 13.3 Å². The van der Waals surface area contributed by atoms with Crippen molar-refractivity contribution >= 4 is 32.5 Å². The zero-order chi connectivity index (χ0) is 14.8. The van der Waals surface area contributed by atoms with Crippen molar-refractivity contribution in [1.82, 2.24) is 0 Å². The van der Waals surface area contributed by atoms with Crippen LogP contribution in [0.4, 0.5) is 0 Å². The molecule has 1 nitrogen and oxygen atoms in total. The molecule has 0 amide bonds. The van der Waals surface area contributed by atoms with Gasteiger partial charge in [-0.25, -0.2) is 0 Å². The molecule has 2 heteroatoms. The summed E-state index contributed by atoms with van der Waals surface area (Å²) < 4.78 is 0.948. The predicted molar refractivity (Wildman–Crippen MR) is 90.9 cm³/mol. The van der Waals surface area contributed by atoms with Gasteiger partial charge in [0.15, 0.2) is 5.78 Å². The minimum Gasteiger partial charge on any atom is -0.294 e. The van der Waals surface area contributed by atoms with E-state index in [9.17, 15) is 4.79 Å². The molecule has 3 aromatic rings. The van der Waals surface area contributed by atoms with Crippen LogP contribution in [0.15, 0.2) is 65.1 Å². The van der Waals surface area contributed by atoms with Gasteiger partial charge in [0.25, 0.3) is 0 Å². The van der Waals surface area contributed by atoms with Crippen LogP contribution in [0.3, 0.4) is 0 Å². The molecule has 0 aliphatic rings. The number of fused-ring (bicyclic) bond motifs is 1. The molecular formula is C19H15BrO. The summed E-state index contributed by atoms with van der Waals surface area (Å²) in [5.41, 5.74) is 2.93. The van der Waals surface area contributed by atoms with Gasteiger partial charge in [-0.3, -0.25) is 4.79 Å². The quantitative estimate of drug-likeness (QED) is 0.589. The van der Waals surface area contributed by atoms with Crippen LogP contribution in [0.1, 0.15) is 21.5 Å². The molecule has 0 N–H and O–H groups in total. The molecule has 21 heavy (non-hydrogen) atoms. The fourth-order valence-corrected chi connectivity index (χ4v) is 3.23. The van der Waals surface area contributed by atoms with E-state index in [-0.39, 0.29) is 5.78 Å². The van der Waals surface area contributed by atoms with E-state index < -0.39 is 0 Å². The first-order valence-electron chi connectivity index (χ1n) is 6.90. The Morgan fingerprint density at radius 2 is 1.76 bits per heavy atom. The Kier molecular flexibility index (Phi) is 3.89. The number of hydrogen-bond acceptors (Lipinski definition) is 1. The summed E-state index contributed by atoms with van der Waals surface area (Å²) >= 11 is 3.45. The lowest BCUT2D eigenvalue weighted by Crippen LogP contribution is -2.04. The van der Waals surface area contributed by atoms with E-state index in [2.05, 4.69) is 34.1 Å². The first-order chi connectivity index (χ1) is 10.1. The zero-order valence-corrected chi connectivity index (χ0v) is 13.4. The van der Waals surface area contributed by atoms with Gasteiger partial charge < -0.3 is 0 Å². The Morgan fingerprint density at radius 1 is 1.00 bits per heavy atom. The maximum absolute atomic E-state index is 12.5. The van der Waals surface area contributed by atoms with Gasteiger partial charge in [0.05, 0.1) is 0 Å². The number of ketones is 1. The van der Waals surface area contributed by atoms with Gasteiger partial charge in [0.2, 0.25) is 0 Å². The van der Waals surface area contributed by atoms with Crippen molar-refractivity contribution in [3.63, 3.8) is 0 Å². The largest absolute Gasteiger partial charge is 0.294 e. The third kappa shape index (κ3) is 3.06. The van der Waals surface area contributed by atoms with Gasteiger partial charge in [-0.2, -0.15) is 0 Å². The van der Waals surface area contributed by atoms with E-state index in [0.29, 0.717) is 6.42 Å². The van der Waals surface area contributed by atoms with Gasteiger partial charge in [-0.05, 0) is 47.0 Å². The normalized spacial score (nSPS) is 10.8. The fourth-order valence-electron chi connectivity index (χ4n) is 2.62. The molecule has 0 radical (unpaired) electrons. The van der Waals surface area contributed by atoms with Gasteiger partial charge in [-0.15, -0.1) is 0 Å². The number of Topliss-reactive ketones (excluding diaryl/α,β-unsaturated/α-hetero) is 1. The summed E-state index contributed by atoms with van der Waals surface area (Å²) in [4.78, 5) is 12.5. The topological polar surface area (TPSA) is 17.1 Å². The molecule has 0 unspecified atom stereocenters. The number of hydrogen-bond donors (Lipinski definition) is 0. The van der Waals surface area contributed by atoms with Crippen LogP contribution < -0.4 is 0 Å². The molecule has 0 aliphatic heterocycles. The number of benzene rings is 3. The highest BCUT2D eigenvalue weighted by Gasteiger charge is 2.10. The molecule has 3 aromatic carbocycles. The average Bonchev–Trinajstić information content (AvgIpc) is 2.46. The third-order valence-corrected chi connectivity index (χ3v) is 4.05. The second kappa shape index (κ2) is 5.82. The van der Waals surface area contributed by atoms with Crippen LogP contribution >= 0.6 is 15.9 Å². The molecule has 0 heterocycles. The van der Waals surface area contributed by atoms with E-state index in [1.165, 1.54) is 5.39 Å². The lowest BCUT2D eigenvalue weighted by atomic mass is 9.97. The van der Waals surface area contributed by atoms with Crippen LogP contribution in [-0.4, -0.2) is 5.78 Å². The van der Waals surface area contributed by atoms with Gasteiger partial charge >= 0.3 is 0 Å². The van der Waals surface area contributed by atoms with Crippen LogP contribution in [0, 0.1) is 6.92 Å². The Labute approximate surface area is 132 Å². The summed E-state index contributed by atoms with van der Waals surface area (Å²) in [5.74, 6) is 0.149. The van der Waals surface area contributed by atoms with Crippen LogP contribution in [0.25, 0.3) is 10.8 Å². The summed E-state index contributed by atoms with van der Waals surface area (Å²) in [6.45, 7) is 2.00. The molecule has 0 aliphatic carbocycles. The Morgan fingerprint density at radius 3 is 2.57 bits per heavy atom. The van der Waals surface area contributed by atoms with Crippen molar-refractivity contribution in [2.75, 3.05) is 0 Å². The van der Waals surface area contributed by atoms with E-state index in [0.717, 1.165) is 26.5 Å². The zero-order valence-electron chi connectivity index (χ0n) is 11.8. The fraction of sp³-hybridized carbons (Fsp3) is 0.105. The van der Waals surface area contributed by atoms with E-state index in [1.807, 2.05) is 49.4 Å². The number of carbonyl (C=O) groups is 1. The molecule has 0 saturated heterocycles. The molecule has 0 bridgehead atoms. The second-order valence-electron chi connectivity index (χ2n) is 5.26. The smallest absolute Gasteiger partial charge is 0.167 e. The summed E-state index contributed by atoms with van der Waals surface area (Å²) in [6, 6.07) is 20.1. The van der Waals surface area contributed by atoms with Gasteiger partial charge in [-0.1, -0.05) is 58.4 Å². The van der Waals surface area contributed by atoms with Crippen molar-refractivity contribution in [3.05, 3.63) is 81.8 Å². The number of halogens is 1. The highest BCUT2D eigenvalue weighted by atomic mass is 79.9. The van der Waals surface area contributed by atoms with E-state index in [4.69, 9.17) is 0 Å². The summed E-state index contributed by atoms with van der Waals surface area (Å²) in [6.07, 6.45) is 0.428. The number of rotatable bonds is 3. The lowest BCUT2D eigenvalue weighted by Gasteiger charge is -2.07. The molecule has 0 saturated carbocycles. The second-order valence-corrected chi connectivity index (χ2v) is 6.17. The first-order valence-corrected chi connectivity index (χ1v) is 7.70. The molecule has 104 valence electrons. The minimum atomic E-state index is 0.149. The molecule has 0 aromatic heterocycles.